The van der Waals surface area contributed by atoms with Gasteiger partial charge >= 0.3 is 0 Å². The van der Waals surface area contributed by atoms with E-state index < -0.39 is 34.0 Å². The first-order valence-corrected chi connectivity index (χ1v) is 7.61. The summed E-state index contributed by atoms with van der Waals surface area (Å²) < 4.78 is 38.2. The topological polar surface area (TPSA) is 84.2 Å². The van der Waals surface area contributed by atoms with Crippen molar-refractivity contribution in [1.82, 2.24) is 5.32 Å². The lowest BCUT2D eigenvalue weighted by atomic mass is 10.1. The van der Waals surface area contributed by atoms with Crippen molar-refractivity contribution in [3.8, 4) is 0 Å². The van der Waals surface area contributed by atoms with E-state index in [2.05, 4.69) is 5.32 Å². The van der Waals surface area contributed by atoms with Crippen LogP contribution in [0.5, 0.6) is 0 Å². The second-order valence-electron chi connectivity index (χ2n) is 4.56. The largest absolute Gasteiger partial charge is 0.349 e. The molecule has 5 nitrogen and oxygen atoms in total. The summed E-state index contributed by atoms with van der Waals surface area (Å²) in [5.41, 5.74) is 1.32. The third kappa shape index (κ3) is 3.31. The number of hydrazine groups is 1. The fourth-order valence-corrected chi connectivity index (χ4v) is 3.35. The molecule has 1 heterocycles. The Kier molecular flexibility index (Phi) is 4.66. The molecule has 0 bridgehead atoms. The van der Waals surface area contributed by atoms with Gasteiger partial charge in [0.05, 0.1) is 0 Å². The molecule has 1 aromatic rings. The van der Waals surface area contributed by atoms with Gasteiger partial charge in [0.15, 0.2) is 11.6 Å². The maximum Gasteiger partial charge on any atom is 0.251 e. The summed E-state index contributed by atoms with van der Waals surface area (Å²) in [5.74, 6) is 3.64. The number of nitrogens with one attached hydrogen (secondary N) is 2. The number of rotatable bonds is 3. The van der Waals surface area contributed by atoms with Gasteiger partial charge < -0.3 is 10.7 Å². The van der Waals surface area contributed by atoms with Gasteiger partial charge in [-0.25, -0.2) is 8.78 Å². The van der Waals surface area contributed by atoms with Crippen LogP contribution in [0.3, 0.4) is 0 Å². The van der Waals surface area contributed by atoms with Gasteiger partial charge in [-0.3, -0.25) is 14.8 Å². The minimum Gasteiger partial charge on any atom is -0.349 e. The molecule has 0 radical (unpaired) electrons. The van der Waals surface area contributed by atoms with Crippen LogP contribution in [0.15, 0.2) is 12.1 Å². The fraction of sp³-hybridized carbons (Fsp3) is 0.417. The number of hydrogen-bond acceptors (Lipinski definition) is 4. The molecule has 1 aliphatic rings. The van der Waals surface area contributed by atoms with Crippen LogP contribution in [0.25, 0.3) is 0 Å². The predicted octanol–water partition coefficient (Wildman–Crippen LogP) is 0.891. The summed E-state index contributed by atoms with van der Waals surface area (Å²) in [6, 6.07) is 1.74. The Morgan fingerprint density at radius 3 is 2.30 bits per heavy atom. The third-order valence-electron chi connectivity index (χ3n) is 3.17. The molecule has 2 rings (SSSR count). The van der Waals surface area contributed by atoms with Crippen LogP contribution in [0, 0.1) is 11.6 Å². The number of anilines is 1. The van der Waals surface area contributed by atoms with Crippen molar-refractivity contribution in [3.63, 3.8) is 0 Å². The number of carbonyl (C=O) groups is 1. The normalized spacial score (nSPS) is 22.4. The van der Waals surface area contributed by atoms with Crippen molar-refractivity contribution in [1.29, 1.82) is 0 Å². The van der Waals surface area contributed by atoms with Crippen molar-refractivity contribution < 1.29 is 17.8 Å². The maximum absolute atomic E-state index is 13.5. The van der Waals surface area contributed by atoms with Gasteiger partial charge in [-0.2, -0.15) is 0 Å². The molecular formula is C12H15F2N3O2S. The van der Waals surface area contributed by atoms with Crippen LogP contribution in [0.1, 0.15) is 23.2 Å². The Balaban J connectivity index is 2.08. The van der Waals surface area contributed by atoms with Crippen LogP contribution < -0.4 is 16.6 Å². The molecule has 4 N–H and O–H groups in total. The van der Waals surface area contributed by atoms with Crippen LogP contribution in [0.4, 0.5) is 14.5 Å². The van der Waals surface area contributed by atoms with Gasteiger partial charge in [0.25, 0.3) is 5.91 Å². The first-order valence-electron chi connectivity index (χ1n) is 6.12. The Morgan fingerprint density at radius 2 is 1.80 bits per heavy atom. The SMILES string of the molecule is NNc1c(F)cc(C(=O)NC2CCS(=O)CC2)cc1F. The van der Waals surface area contributed by atoms with E-state index in [1.807, 2.05) is 5.43 Å². The van der Waals surface area contributed by atoms with Crippen LogP contribution in [-0.2, 0) is 10.8 Å². The summed E-state index contributed by atoms with van der Waals surface area (Å²) in [5, 5.41) is 2.69. The molecule has 0 saturated carbocycles. The zero-order valence-corrected chi connectivity index (χ0v) is 11.4. The van der Waals surface area contributed by atoms with Crippen LogP contribution in [-0.4, -0.2) is 27.7 Å². The number of nitrogens with two attached hydrogens (primary N) is 1. The lowest BCUT2D eigenvalue weighted by Gasteiger charge is -2.22. The molecule has 0 unspecified atom stereocenters. The Morgan fingerprint density at radius 1 is 1.25 bits per heavy atom. The molecule has 1 saturated heterocycles. The molecule has 1 aliphatic heterocycles. The van der Waals surface area contributed by atoms with Gasteiger partial charge in [0.1, 0.15) is 5.69 Å². The molecular weight excluding hydrogens is 288 g/mol. The minimum absolute atomic E-state index is 0.106. The number of amides is 1. The summed E-state index contributed by atoms with van der Waals surface area (Å²) in [6.07, 6.45) is 1.21. The average Bonchev–Trinajstić information content (AvgIpc) is 2.41. The van der Waals surface area contributed by atoms with E-state index in [9.17, 15) is 17.8 Å². The van der Waals surface area contributed by atoms with Crippen molar-refractivity contribution in [2.24, 2.45) is 5.84 Å². The third-order valence-corrected chi connectivity index (χ3v) is 4.55. The molecule has 0 spiro atoms. The highest BCUT2D eigenvalue weighted by atomic mass is 32.2. The van der Waals surface area contributed by atoms with Crippen molar-refractivity contribution in [2.75, 3.05) is 16.9 Å². The zero-order chi connectivity index (χ0) is 14.7. The molecule has 1 amide bonds. The molecule has 0 aliphatic carbocycles. The van der Waals surface area contributed by atoms with Gasteiger partial charge in [-0.05, 0) is 25.0 Å². The standard InChI is InChI=1S/C12H15F2N3O2S/c13-9-5-7(6-10(14)11(9)17-15)12(18)16-8-1-3-20(19)4-2-8/h5-6,8,17H,1-4,15H2,(H,16,18). The summed E-state index contributed by atoms with van der Waals surface area (Å²) in [6.45, 7) is 0. The minimum atomic E-state index is -0.928. The smallest absolute Gasteiger partial charge is 0.251 e. The molecule has 0 aromatic heterocycles. The van der Waals surface area contributed by atoms with E-state index in [1.165, 1.54) is 0 Å². The van der Waals surface area contributed by atoms with E-state index >= 15 is 0 Å². The van der Waals surface area contributed by atoms with E-state index in [4.69, 9.17) is 5.84 Å². The van der Waals surface area contributed by atoms with Crippen molar-refractivity contribution in [3.05, 3.63) is 29.3 Å². The highest BCUT2D eigenvalue weighted by molar-refractivity contribution is 7.85. The van der Waals surface area contributed by atoms with Gasteiger partial charge in [-0.1, -0.05) is 0 Å². The van der Waals surface area contributed by atoms with Crippen LogP contribution in [0.2, 0.25) is 0 Å². The van der Waals surface area contributed by atoms with Crippen molar-refractivity contribution >= 4 is 22.4 Å². The summed E-state index contributed by atoms with van der Waals surface area (Å²) in [7, 11) is -0.825. The fourth-order valence-electron chi connectivity index (χ4n) is 2.05. The van der Waals surface area contributed by atoms with E-state index in [1.54, 1.807) is 0 Å². The Labute approximate surface area is 117 Å². The number of carbonyl (C=O) groups excluding carboxylic acids is 1. The highest BCUT2D eigenvalue weighted by Crippen LogP contribution is 2.20. The monoisotopic (exact) mass is 303 g/mol. The molecule has 20 heavy (non-hydrogen) atoms. The van der Waals surface area contributed by atoms with E-state index in [0.29, 0.717) is 24.3 Å². The Hall–Kier alpha value is -1.54. The number of nitrogen functional groups attached to an aromatic ring is 1. The van der Waals surface area contributed by atoms with Gasteiger partial charge in [0.2, 0.25) is 0 Å². The Bertz CT molecular complexity index is 520. The predicted molar refractivity (Wildman–Crippen MR) is 72.5 cm³/mol. The van der Waals surface area contributed by atoms with Crippen LogP contribution >= 0.6 is 0 Å². The summed E-state index contributed by atoms with van der Waals surface area (Å²) in [4.78, 5) is 11.9. The summed E-state index contributed by atoms with van der Waals surface area (Å²) >= 11 is 0. The first-order chi connectivity index (χ1) is 9.51. The van der Waals surface area contributed by atoms with Gasteiger partial charge in [0, 0.05) is 33.9 Å². The second kappa shape index (κ2) is 6.27. The lowest BCUT2D eigenvalue weighted by Crippen LogP contribution is -2.39. The molecule has 8 heteroatoms. The maximum atomic E-state index is 13.5. The van der Waals surface area contributed by atoms with E-state index in [-0.39, 0.29) is 11.6 Å². The molecule has 0 atom stereocenters. The lowest BCUT2D eigenvalue weighted by molar-refractivity contribution is 0.0933. The van der Waals surface area contributed by atoms with Gasteiger partial charge in [-0.15, -0.1) is 0 Å². The zero-order valence-electron chi connectivity index (χ0n) is 10.6. The number of benzene rings is 1. The molecule has 1 aromatic carbocycles. The quantitative estimate of drug-likeness (QED) is 0.572. The van der Waals surface area contributed by atoms with E-state index in [0.717, 1.165) is 12.1 Å². The first kappa shape index (κ1) is 14.9. The van der Waals surface area contributed by atoms with Crippen molar-refractivity contribution in [2.45, 2.75) is 18.9 Å². The number of hydrogen-bond donors (Lipinski definition) is 3. The molecule has 1 fully saturated rings. The molecule has 110 valence electrons. The second-order valence-corrected chi connectivity index (χ2v) is 6.25. The number of halogens is 2. The highest BCUT2D eigenvalue weighted by Gasteiger charge is 2.21. The average molecular weight is 303 g/mol.